The van der Waals surface area contributed by atoms with Gasteiger partial charge in [0.2, 0.25) is 0 Å². The zero-order valence-corrected chi connectivity index (χ0v) is 12.6. The number of ether oxygens (including phenoxy) is 1. The van der Waals surface area contributed by atoms with E-state index in [0.29, 0.717) is 5.69 Å². The van der Waals surface area contributed by atoms with E-state index in [9.17, 15) is 9.59 Å². The van der Waals surface area contributed by atoms with E-state index in [4.69, 9.17) is 15.6 Å². The molecule has 0 aliphatic heterocycles. The molecule has 0 saturated heterocycles. The molecule has 1 amide bonds. The van der Waals surface area contributed by atoms with E-state index < -0.39 is 23.7 Å². The van der Waals surface area contributed by atoms with E-state index >= 15 is 0 Å². The number of carboxylic acid groups (broad SMARTS) is 1. The molecule has 0 aliphatic carbocycles. The number of hydrogen-bond acceptors (Lipinski definition) is 6. The molecular formula is C14H18N4O4. The van der Waals surface area contributed by atoms with Crippen LogP contribution in [-0.2, 0) is 9.53 Å². The summed E-state index contributed by atoms with van der Waals surface area (Å²) in [6, 6.07) is -1.18. The van der Waals surface area contributed by atoms with Gasteiger partial charge in [0.15, 0.2) is 0 Å². The number of nitrogens with two attached hydrogens (primary N) is 1. The summed E-state index contributed by atoms with van der Waals surface area (Å²) in [5, 5.41) is 11.3. The number of amides is 1. The molecule has 0 aliphatic rings. The first-order valence-corrected chi connectivity index (χ1v) is 6.46. The molecule has 0 bridgehead atoms. The molecule has 0 radical (unpaired) electrons. The summed E-state index contributed by atoms with van der Waals surface area (Å²) in [6.45, 7) is 5.05. The summed E-state index contributed by atoms with van der Waals surface area (Å²) in [5.74, 6) is 4.33. The lowest BCUT2D eigenvalue weighted by atomic mass is 10.2. The minimum atomic E-state index is -1.21. The number of rotatable bonds is 3. The Kier molecular flexibility index (Phi) is 5.69. The molecular weight excluding hydrogens is 288 g/mol. The number of hydrogen-bond donors (Lipinski definition) is 3. The van der Waals surface area contributed by atoms with Crippen LogP contribution >= 0.6 is 0 Å². The third kappa shape index (κ3) is 6.56. The molecule has 4 N–H and O–H groups in total. The van der Waals surface area contributed by atoms with Crippen LogP contribution in [0.15, 0.2) is 12.4 Å². The largest absolute Gasteiger partial charge is 0.480 e. The number of nitrogen functional groups attached to an aromatic ring is 1. The third-order valence-electron chi connectivity index (χ3n) is 2.18. The average Bonchev–Trinajstić information content (AvgIpc) is 2.37. The van der Waals surface area contributed by atoms with Gasteiger partial charge in [-0.25, -0.2) is 19.6 Å². The fourth-order valence-electron chi connectivity index (χ4n) is 1.30. The average molecular weight is 306 g/mol. The number of carbonyl (C=O) groups excluding carboxylic acids is 1. The molecule has 1 heterocycles. The number of aliphatic carboxylic acids is 1. The number of carbonyl (C=O) groups is 2. The normalized spacial score (nSPS) is 11.8. The Morgan fingerprint density at radius 2 is 2.09 bits per heavy atom. The van der Waals surface area contributed by atoms with Crippen LogP contribution in [0, 0.1) is 11.8 Å². The quantitative estimate of drug-likeness (QED) is 0.704. The minimum Gasteiger partial charge on any atom is -0.480 e. The maximum atomic E-state index is 11.6. The van der Waals surface area contributed by atoms with Crippen molar-refractivity contribution in [3.05, 3.63) is 18.1 Å². The van der Waals surface area contributed by atoms with Crippen molar-refractivity contribution in [1.29, 1.82) is 0 Å². The van der Waals surface area contributed by atoms with Gasteiger partial charge in [-0.3, -0.25) is 0 Å². The SMILES string of the molecule is CC(C)(C)OC(=O)N[C@@H](CC#Cc1cnc(N)cn1)C(=O)O. The summed E-state index contributed by atoms with van der Waals surface area (Å²) in [5.41, 5.74) is 5.03. The van der Waals surface area contributed by atoms with Gasteiger partial charge in [0, 0.05) is 6.42 Å². The molecule has 0 saturated carbocycles. The first-order chi connectivity index (χ1) is 10.2. The summed E-state index contributed by atoms with van der Waals surface area (Å²) in [7, 11) is 0. The van der Waals surface area contributed by atoms with Gasteiger partial charge in [-0.2, -0.15) is 0 Å². The Balaban J connectivity index is 2.64. The van der Waals surface area contributed by atoms with E-state index in [1.54, 1.807) is 20.8 Å². The fraction of sp³-hybridized carbons (Fsp3) is 0.429. The van der Waals surface area contributed by atoms with Gasteiger partial charge in [-0.05, 0) is 26.7 Å². The van der Waals surface area contributed by atoms with E-state index in [-0.39, 0.29) is 12.2 Å². The summed E-state index contributed by atoms with van der Waals surface area (Å²) >= 11 is 0. The number of anilines is 1. The van der Waals surface area contributed by atoms with Gasteiger partial charge in [-0.1, -0.05) is 5.92 Å². The van der Waals surface area contributed by atoms with Gasteiger partial charge in [0.05, 0.1) is 12.4 Å². The highest BCUT2D eigenvalue weighted by Crippen LogP contribution is 2.07. The molecule has 1 aromatic rings. The molecule has 0 unspecified atom stereocenters. The second-order valence-corrected chi connectivity index (χ2v) is 5.37. The van der Waals surface area contributed by atoms with Gasteiger partial charge in [0.1, 0.15) is 23.2 Å². The highest BCUT2D eigenvalue weighted by atomic mass is 16.6. The number of carboxylic acids is 1. The maximum Gasteiger partial charge on any atom is 0.408 e. The van der Waals surface area contributed by atoms with Crippen molar-refractivity contribution in [2.24, 2.45) is 0 Å². The molecule has 1 rings (SSSR count). The fourth-order valence-corrected chi connectivity index (χ4v) is 1.30. The van der Waals surface area contributed by atoms with Crippen molar-refractivity contribution in [2.45, 2.75) is 38.8 Å². The highest BCUT2D eigenvalue weighted by molar-refractivity contribution is 5.80. The topological polar surface area (TPSA) is 127 Å². The zero-order chi connectivity index (χ0) is 16.8. The van der Waals surface area contributed by atoms with Crippen LogP contribution < -0.4 is 11.1 Å². The van der Waals surface area contributed by atoms with Crippen molar-refractivity contribution in [1.82, 2.24) is 15.3 Å². The van der Waals surface area contributed by atoms with E-state index in [0.717, 1.165) is 0 Å². The molecule has 8 nitrogen and oxygen atoms in total. The summed E-state index contributed by atoms with van der Waals surface area (Å²) < 4.78 is 5.00. The van der Waals surface area contributed by atoms with Crippen LogP contribution in [0.25, 0.3) is 0 Å². The second kappa shape index (κ2) is 7.26. The zero-order valence-electron chi connectivity index (χ0n) is 12.6. The van der Waals surface area contributed by atoms with Crippen molar-refractivity contribution >= 4 is 17.9 Å². The molecule has 1 atom stereocenters. The Morgan fingerprint density at radius 3 is 2.59 bits per heavy atom. The van der Waals surface area contributed by atoms with Crippen LogP contribution in [0.1, 0.15) is 32.9 Å². The number of alkyl carbamates (subject to hydrolysis) is 1. The summed E-state index contributed by atoms with van der Waals surface area (Å²) in [6.07, 6.45) is 1.81. The van der Waals surface area contributed by atoms with Crippen molar-refractivity contribution in [2.75, 3.05) is 5.73 Å². The Labute approximate surface area is 128 Å². The molecule has 0 spiro atoms. The van der Waals surface area contributed by atoms with Crippen LogP contribution in [0.3, 0.4) is 0 Å². The Hall–Kier alpha value is -2.82. The number of nitrogens with one attached hydrogen (secondary N) is 1. The first-order valence-electron chi connectivity index (χ1n) is 6.46. The lowest BCUT2D eigenvalue weighted by Crippen LogP contribution is -2.43. The monoisotopic (exact) mass is 306 g/mol. The van der Waals surface area contributed by atoms with Crippen LogP contribution in [0.4, 0.5) is 10.6 Å². The number of nitrogens with zero attached hydrogens (tertiary/aromatic N) is 2. The number of aromatic nitrogens is 2. The molecule has 1 aromatic heterocycles. The van der Waals surface area contributed by atoms with Crippen LogP contribution in [0.2, 0.25) is 0 Å². The van der Waals surface area contributed by atoms with Gasteiger partial charge < -0.3 is 20.9 Å². The van der Waals surface area contributed by atoms with Gasteiger partial charge >= 0.3 is 12.1 Å². The Morgan fingerprint density at radius 1 is 1.41 bits per heavy atom. The Bertz CT molecular complexity index is 596. The van der Waals surface area contributed by atoms with E-state index in [1.807, 2.05) is 0 Å². The summed E-state index contributed by atoms with van der Waals surface area (Å²) in [4.78, 5) is 30.4. The van der Waals surface area contributed by atoms with Crippen molar-refractivity contribution < 1.29 is 19.4 Å². The van der Waals surface area contributed by atoms with E-state index in [2.05, 4.69) is 27.1 Å². The van der Waals surface area contributed by atoms with E-state index in [1.165, 1.54) is 12.4 Å². The predicted octanol–water partition coefficient (Wildman–Crippen LogP) is 0.778. The molecule has 118 valence electrons. The third-order valence-corrected chi connectivity index (χ3v) is 2.18. The smallest absolute Gasteiger partial charge is 0.408 e. The predicted molar refractivity (Wildman–Crippen MR) is 78.7 cm³/mol. The lowest BCUT2D eigenvalue weighted by Gasteiger charge is -2.21. The van der Waals surface area contributed by atoms with Crippen LogP contribution in [0.5, 0.6) is 0 Å². The lowest BCUT2D eigenvalue weighted by molar-refractivity contribution is -0.139. The first kappa shape index (κ1) is 17.2. The minimum absolute atomic E-state index is 0.0966. The van der Waals surface area contributed by atoms with Gasteiger partial charge in [0.25, 0.3) is 0 Å². The van der Waals surface area contributed by atoms with Crippen LogP contribution in [-0.4, -0.2) is 38.8 Å². The molecule has 0 fully saturated rings. The standard InChI is InChI=1S/C14H18N4O4/c1-14(2,3)22-13(21)18-10(12(19)20)6-4-5-9-7-17-11(15)8-16-9/h7-8,10H,6H2,1-3H3,(H2,15,17)(H,18,21)(H,19,20)/t10-/m0/s1. The van der Waals surface area contributed by atoms with Gasteiger partial charge in [-0.15, -0.1) is 0 Å². The molecule has 0 aromatic carbocycles. The molecule has 22 heavy (non-hydrogen) atoms. The second-order valence-electron chi connectivity index (χ2n) is 5.37. The van der Waals surface area contributed by atoms with Crippen molar-refractivity contribution in [3.8, 4) is 11.8 Å². The maximum absolute atomic E-state index is 11.6. The molecule has 8 heteroatoms. The highest BCUT2D eigenvalue weighted by Gasteiger charge is 2.23. The van der Waals surface area contributed by atoms with Crippen molar-refractivity contribution in [3.63, 3.8) is 0 Å².